The molecule has 90 valence electrons. The first-order valence-electron chi connectivity index (χ1n) is 5.85. The van der Waals surface area contributed by atoms with Crippen molar-refractivity contribution in [1.29, 1.82) is 0 Å². The highest BCUT2D eigenvalue weighted by Gasteiger charge is 2.34. The number of hydrogen-bond acceptors (Lipinski definition) is 2. The zero-order valence-corrected chi connectivity index (χ0v) is 10.0. The SMILES string of the molecule is CCCCCCC(C)(C(=O)O)n1cccn1. The average molecular weight is 224 g/mol. The number of carbonyl (C=O) groups is 1. The van der Waals surface area contributed by atoms with Crippen LogP contribution in [0.5, 0.6) is 0 Å². The fourth-order valence-corrected chi connectivity index (χ4v) is 1.78. The molecule has 0 bridgehead atoms. The van der Waals surface area contributed by atoms with Crippen LogP contribution in [-0.2, 0) is 10.3 Å². The fourth-order valence-electron chi connectivity index (χ4n) is 1.78. The second-order valence-electron chi connectivity index (χ2n) is 4.34. The van der Waals surface area contributed by atoms with E-state index >= 15 is 0 Å². The summed E-state index contributed by atoms with van der Waals surface area (Å²) < 4.78 is 1.54. The zero-order valence-electron chi connectivity index (χ0n) is 10.0. The largest absolute Gasteiger partial charge is 0.479 e. The Morgan fingerprint density at radius 2 is 2.19 bits per heavy atom. The predicted molar refractivity (Wildman–Crippen MR) is 62.3 cm³/mol. The number of aliphatic carboxylic acids is 1. The lowest BCUT2D eigenvalue weighted by Gasteiger charge is -2.25. The van der Waals surface area contributed by atoms with E-state index in [1.165, 1.54) is 0 Å². The Hall–Kier alpha value is -1.32. The Bertz CT molecular complexity index is 322. The molecule has 1 atom stereocenters. The van der Waals surface area contributed by atoms with E-state index in [-0.39, 0.29) is 0 Å². The van der Waals surface area contributed by atoms with Gasteiger partial charge in [-0.1, -0.05) is 32.6 Å². The van der Waals surface area contributed by atoms with E-state index in [1.54, 1.807) is 30.1 Å². The number of carboxylic acids is 1. The van der Waals surface area contributed by atoms with Gasteiger partial charge < -0.3 is 5.11 Å². The summed E-state index contributed by atoms with van der Waals surface area (Å²) in [6, 6.07) is 1.76. The average Bonchev–Trinajstić information content (AvgIpc) is 2.77. The molecule has 0 aromatic carbocycles. The molecule has 1 heterocycles. The number of carboxylic acid groups (broad SMARTS) is 1. The monoisotopic (exact) mass is 224 g/mol. The third kappa shape index (κ3) is 2.84. The Balaban J connectivity index is 2.63. The number of aromatic nitrogens is 2. The molecule has 4 heteroatoms. The van der Waals surface area contributed by atoms with E-state index in [1.807, 2.05) is 0 Å². The van der Waals surface area contributed by atoms with Gasteiger partial charge in [-0.2, -0.15) is 5.10 Å². The molecule has 1 aromatic rings. The maximum Gasteiger partial charge on any atom is 0.331 e. The molecule has 4 nitrogen and oxygen atoms in total. The van der Waals surface area contributed by atoms with Crippen molar-refractivity contribution in [3.8, 4) is 0 Å². The van der Waals surface area contributed by atoms with E-state index in [0.29, 0.717) is 6.42 Å². The summed E-state index contributed by atoms with van der Waals surface area (Å²) in [7, 11) is 0. The van der Waals surface area contributed by atoms with Crippen LogP contribution in [-0.4, -0.2) is 20.9 Å². The second-order valence-corrected chi connectivity index (χ2v) is 4.34. The molecule has 1 N–H and O–H groups in total. The molecule has 0 aliphatic heterocycles. The first-order valence-corrected chi connectivity index (χ1v) is 5.85. The lowest BCUT2D eigenvalue weighted by molar-refractivity contribution is -0.147. The lowest BCUT2D eigenvalue weighted by Crippen LogP contribution is -2.39. The van der Waals surface area contributed by atoms with Crippen LogP contribution in [0.15, 0.2) is 18.5 Å². The number of rotatable bonds is 7. The van der Waals surface area contributed by atoms with Crippen LogP contribution in [0.2, 0.25) is 0 Å². The van der Waals surface area contributed by atoms with Crippen LogP contribution in [0.25, 0.3) is 0 Å². The number of hydrogen-bond donors (Lipinski definition) is 1. The summed E-state index contributed by atoms with van der Waals surface area (Å²) in [5.74, 6) is -0.812. The Morgan fingerprint density at radius 1 is 1.44 bits per heavy atom. The smallest absolute Gasteiger partial charge is 0.331 e. The molecule has 16 heavy (non-hydrogen) atoms. The van der Waals surface area contributed by atoms with Gasteiger partial charge in [0.05, 0.1) is 0 Å². The van der Waals surface area contributed by atoms with Crippen LogP contribution >= 0.6 is 0 Å². The number of nitrogens with zero attached hydrogens (tertiary/aromatic N) is 2. The molecule has 0 saturated heterocycles. The van der Waals surface area contributed by atoms with Gasteiger partial charge in [-0.05, 0) is 19.4 Å². The molecule has 0 amide bonds. The van der Waals surface area contributed by atoms with Crippen molar-refractivity contribution in [2.75, 3.05) is 0 Å². The van der Waals surface area contributed by atoms with Gasteiger partial charge in [-0.15, -0.1) is 0 Å². The van der Waals surface area contributed by atoms with Crippen LogP contribution in [0.3, 0.4) is 0 Å². The topological polar surface area (TPSA) is 55.1 Å². The summed E-state index contributed by atoms with van der Waals surface area (Å²) >= 11 is 0. The minimum absolute atomic E-state index is 0.629. The molecular weight excluding hydrogens is 204 g/mol. The van der Waals surface area contributed by atoms with Gasteiger partial charge in [0.25, 0.3) is 0 Å². The highest BCUT2D eigenvalue weighted by molar-refractivity contribution is 5.76. The van der Waals surface area contributed by atoms with Crippen LogP contribution in [0.4, 0.5) is 0 Å². The van der Waals surface area contributed by atoms with Gasteiger partial charge in [0.2, 0.25) is 0 Å². The van der Waals surface area contributed by atoms with Gasteiger partial charge in [0.1, 0.15) is 0 Å². The van der Waals surface area contributed by atoms with Crippen molar-refractivity contribution in [3.05, 3.63) is 18.5 Å². The first kappa shape index (κ1) is 12.7. The summed E-state index contributed by atoms with van der Waals surface area (Å²) in [5, 5.41) is 13.3. The summed E-state index contributed by atoms with van der Waals surface area (Å²) in [5.41, 5.74) is -0.906. The molecular formula is C12H20N2O2. The fraction of sp³-hybridized carbons (Fsp3) is 0.667. The van der Waals surface area contributed by atoms with E-state index < -0.39 is 11.5 Å². The molecule has 0 aliphatic rings. The quantitative estimate of drug-likeness (QED) is 0.724. The van der Waals surface area contributed by atoms with Crippen molar-refractivity contribution in [2.24, 2.45) is 0 Å². The Morgan fingerprint density at radius 3 is 2.69 bits per heavy atom. The minimum atomic E-state index is -0.906. The molecule has 0 radical (unpaired) electrons. The third-order valence-corrected chi connectivity index (χ3v) is 2.99. The van der Waals surface area contributed by atoms with Crippen LogP contribution < -0.4 is 0 Å². The summed E-state index contributed by atoms with van der Waals surface area (Å²) in [6.07, 6.45) is 8.29. The lowest BCUT2D eigenvalue weighted by atomic mass is 9.94. The number of unbranched alkanes of at least 4 members (excludes halogenated alkanes) is 3. The van der Waals surface area contributed by atoms with Crippen LogP contribution in [0, 0.1) is 0 Å². The summed E-state index contributed by atoms with van der Waals surface area (Å²) in [4.78, 5) is 11.3. The van der Waals surface area contributed by atoms with Gasteiger partial charge in [0.15, 0.2) is 5.54 Å². The van der Waals surface area contributed by atoms with E-state index in [9.17, 15) is 9.90 Å². The predicted octanol–water partition coefficient (Wildman–Crippen LogP) is 2.65. The molecule has 1 rings (SSSR count). The van der Waals surface area contributed by atoms with Crippen molar-refractivity contribution < 1.29 is 9.90 Å². The second kappa shape index (κ2) is 5.68. The van der Waals surface area contributed by atoms with E-state index in [2.05, 4.69) is 12.0 Å². The molecule has 1 aromatic heterocycles. The third-order valence-electron chi connectivity index (χ3n) is 2.99. The van der Waals surface area contributed by atoms with Gasteiger partial charge in [-0.25, -0.2) is 4.79 Å². The van der Waals surface area contributed by atoms with Gasteiger partial charge in [-0.3, -0.25) is 4.68 Å². The van der Waals surface area contributed by atoms with E-state index in [0.717, 1.165) is 25.7 Å². The van der Waals surface area contributed by atoms with Gasteiger partial charge >= 0.3 is 5.97 Å². The standard InChI is InChI=1S/C12H20N2O2/c1-3-4-5-6-8-12(2,11(15)16)14-10-7-9-13-14/h7,9-10H,3-6,8H2,1-2H3,(H,15,16). The maximum atomic E-state index is 11.3. The molecule has 0 aliphatic carbocycles. The Kier molecular flexibility index (Phi) is 4.52. The highest BCUT2D eigenvalue weighted by atomic mass is 16.4. The van der Waals surface area contributed by atoms with Crippen molar-refractivity contribution in [1.82, 2.24) is 9.78 Å². The van der Waals surface area contributed by atoms with Crippen LogP contribution in [0.1, 0.15) is 46.0 Å². The first-order chi connectivity index (χ1) is 7.61. The molecule has 0 spiro atoms. The minimum Gasteiger partial charge on any atom is -0.479 e. The van der Waals surface area contributed by atoms with E-state index in [4.69, 9.17) is 0 Å². The summed E-state index contributed by atoms with van der Waals surface area (Å²) in [6.45, 7) is 3.87. The zero-order chi connectivity index (χ0) is 12.0. The van der Waals surface area contributed by atoms with Crippen molar-refractivity contribution in [3.63, 3.8) is 0 Å². The van der Waals surface area contributed by atoms with Crippen molar-refractivity contribution >= 4 is 5.97 Å². The Labute approximate surface area is 96.3 Å². The molecule has 1 unspecified atom stereocenters. The maximum absolute atomic E-state index is 11.3. The highest BCUT2D eigenvalue weighted by Crippen LogP contribution is 2.23. The molecule has 0 fully saturated rings. The van der Waals surface area contributed by atoms with Crippen molar-refractivity contribution in [2.45, 2.75) is 51.5 Å². The normalized spacial score (nSPS) is 14.6. The van der Waals surface area contributed by atoms with Gasteiger partial charge in [0, 0.05) is 12.4 Å². The molecule has 0 saturated carbocycles.